The first-order valence-corrected chi connectivity index (χ1v) is 5.66. The number of hydrogen-bond donors (Lipinski definition) is 2. The van der Waals surface area contributed by atoms with Crippen LogP contribution in [0.5, 0.6) is 0 Å². The summed E-state index contributed by atoms with van der Waals surface area (Å²) in [5, 5.41) is 0.698. The predicted molar refractivity (Wildman–Crippen MR) is 66.3 cm³/mol. The number of rotatable bonds is 1. The van der Waals surface area contributed by atoms with Gasteiger partial charge in [0.05, 0.1) is 22.1 Å². The van der Waals surface area contributed by atoms with Crippen LogP contribution in [0.4, 0.5) is 17.1 Å². The van der Waals surface area contributed by atoms with Crippen LogP contribution in [0.1, 0.15) is 19.3 Å². The Morgan fingerprint density at radius 1 is 1.00 bits per heavy atom. The molecule has 1 fully saturated rings. The van der Waals surface area contributed by atoms with E-state index in [-0.39, 0.29) is 0 Å². The van der Waals surface area contributed by atoms with E-state index in [0.29, 0.717) is 16.4 Å². The van der Waals surface area contributed by atoms with E-state index < -0.39 is 0 Å². The maximum atomic E-state index is 6.16. The van der Waals surface area contributed by atoms with Gasteiger partial charge in [-0.3, -0.25) is 0 Å². The van der Waals surface area contributed by atoms with E-state index in [4.69, 9.17) is 23.1 Å². The number of nitrogens with zero attached hydrogens (tertiary/aromatic N) is 1. The van der Waals surface area contributed by atoms with Gasteiger partial charge in [-0.25, -0.2) is 0 Å². The first-order valence-electron chi connectivity index (χ1n) is 5.28. The molecule has 0 saturated carbocycles. The van der Waals surface area contributed by atoms with Crippen molar-refractivity contribution in [3.63, 3.8) is 0 Å². The largest absolute Gasteiger partial charge is 0.397 e. The third-order valence-corrected chi connectivity index (χ3v) is 3.15. The maximum absolute atomic E-state index is 6.16. The highest BCUT2D eigenvalue weighted by Crippen LogP contribution is 2.33. The van der Waals surface area contributed by atoms with E-state index in [0.717, 1.165) is 18.8 Å². The molecule has 0 spiro atoms. The lowest BCUT2D eigenvalue weighted by Gasteiger charge is -2.29. The second-order valence-corrected chi connectivity index (χ2v) is 4.39. The molecule has 0 bridgehead atoms. The van der Waals surface area contributed by atoms with Crippen LogP contribution < -0.4 is 16.4 Å². The molecule has 0 aliphatic carbocycles. The normalized spacial score (nSPS) is 16.7. The van der Waals surface area contributed by atoms with Gasteiger partial charge < -0.3 is 16.4 Å². The summed E-state index contributed by atoms with van der Waals surface area (Å²) in [6.45, 7) is 2.12. The van der Waals surface area contributed by atoms with Gasteiger partial charge in [-0.1, -0.05) is 11.6 Å². The Morgan fingerprint density at radius 2 is 1.60 bits per heavy atom. The number of halogens is 1. The number of nitrogens with two attached hydrogens (primary N) is 2. The molecule has 0 aromatic heterocycles. The van der Waals surface area contributed by atoms with Crippen molar-refractivity contribution in [1.82, 2.24) is 0 Å². The zero-order chi connectivity index (χ0) is 10.8. The highest BCUT2D eigenvalue weighted by atomic mass is 35.5. The third-order valence-electron chi connectivity index (χ3n) is 2.85. The number of benzene rings is 1. The fourth-order valence-electron chi connectivity index (χ4n) is 1.97. The van der Waals surface area contributed by atoms with E-state index in [2.05, 4.69) is 4.90 Å². The first kappa shape index (κ1) is 10.4. The van der Waals surface area contributed by atoms with Crippen molar-refractivity contribution in [1.29, 1.82) is 0 Å². The molecule has 1 aromatic carbocycles. The van der Waals surface area contributed by atoms with Crippen molar-refractivity contribution in [2.75, 3.05) is 29.5 Å². The summed E-state index contributed by atoms with van der Waals surface area (Å²) >= 11 is 6.16. The highest BCUT2D eigenvalue weighted by molar-refractivity contribution is 6.33. The van der Waals surface area contributed by atoms with Gasteiger partial charge in [-0.15, -0.1) is 0 Å². The second-order valence-electron chi connectivity index (χ2n) is 3.98. The molecule has 2 rings (SSSR count). The smallest absolute Gasteiger partial charge is 0.0661 e. The summed E-state index contributed by atoms with van der Waals surface area (Å²) in [5.74, 6) is 0. The van der Waals surface area contributed by atoms with Crippen LogP contribution in [0.3, 0.4) is 0 Å². The van der Waals surface area contributed by atoms with Crippen molar-refractivity contribution in [3.8, 4) is 0 Å². The Balaban J connectivity index is 2.30. The summed E-state index contributed by atoms with van der Waals surface area (Å²) < 4.78 is 0. The zero-order valence-electron chi connectivity index (χ0n) is 8.67. The topological polar surface area (TPSA) is 55.3 Å². The third kappa shape index (κ3) is 2.12. The number of hydrogen-bond acceptors (Lipinski definition) is 3. The summed E-state index contributed by atoms with van der Waals surface area (Å²) in [6.07, 6.45) is 3.75. The lowest BCUT2D eigenvalue weighted by Crippen LogP contribution is -2.29. The van der Waals surface area contributed by atoms with Crippen molar-refractivity contribution in [3.05, 3.63) is 17.2 Å². The lowest BCUT2D eigenvalue weighted by molar-refractivity contribution is 0.578. The molecule has 4 heteroatoms. The SMILES string of the molecule is Nc1cc(Cl)c(N2CCCCC2)cc1N. The molecule has 0 atom stereocenters. The minimum Gasteiger partial charge on any atom is -0.397 e. The van der Waals surface area contributed by atoms with Gasteiger partial charge in [0.15, 0.2) is 0 Å². The molecule has 1 aliphatic heterocycles. The van der Waals surface area contributed by atoms with Gasteiger partial charge in [-0.2, -0.15) is 0 Å². The van der Waals surface area contributed by atoms with E-state index >= 15 is 0 Å². The van der Waals surface area contributed by atoms with Gasteiger partial charge in [0.1, 0.15) is 0 Å². The maximum Gasteiger partial charge on any atom is 0.0661 e. The molecular formula is C11H16ClN3. The molecule has 1 heterocycles. The monoisotopic (exact) mass is 225 g/mol. The quantitative estimate of drug-likeness (QED) is 0.722. The molecule has 15 heavy (non-hydrogen) atoms. The van der Waals surface area contributed by atoms with Crippen molar-refractivity contribution >= 4 is 28.7 Å². The lowest BCUT2D eigenvalue weighted by atomic mass is 10.1. The molecule has 1 aromatic rings. The molecule has 0 radical (unpaired) electrons. The Labute approximate surface area is 95.0 Å². The Morgan fingerprint density at radius 3 is 2.27 bits per heavy atom. The van der Waals surface area contributed by atoms with Gasteiger partial charge >= 0.3 is 0 Å². The van der Waals surface area contributed by atoms with E-state index in [9.17, 15) is 0 Å². The first-order chi connectivity index (χ1) is 7.18. The van der Waals surface area contributed by atoms with Crippen LogP contribution in [0.25, 0.3) is 0 Å². The van der Waals surface area contributed by atoms with Gasteiger partial charge in [-0.05, 0) is 31.4 Å². The van der Waals surface area contributed by atoms with Crippen LogP contribution in [-0.4, -0.2) is 13.1 Å². The minimum atomic E-state index is 0.556. The average Bonchev–Trinajstić information content (AvgIpc) is 2.25. The van der Waals surface area contributed by atoms with Crippen LogP contribution in [0.2, 0.25) is 5.02 Å². The summed E-state index contributed by atoms with van der Waals surface area (Å²) in [5.41, 5.74) is 13.7. The van der Waals surface area contributed by atoms with Gasteiger partial charge in [0, 0.05) is 13.1 Å². The van der Waals surface area contributed by atoms with E-state index in [1.807, 2.05) is 6.07 Å². The number of nitrogen functional groups attached to an aromatic ring is 2. The summed E-state index contributed by atoms with van der Waals surface area (Å²) in [7, 11) is 0. The van der Waals surface area contributed by atoms with Crippen molar-refractivity contribution in [2.45, 2.75) is 19.3 Å². The molecule has 4 N–H and O–H groups in total. The van der Waals surface area contributed by atoms with Gasteiger partial charge in [0.2, 0.25) is 0 Å². The Hall–Kier alpha value is -1.09. The van der Waals surface area contributed by atoms with E-state index in [1.165, 1.54) is 19.3 Å². The van der Waals surface area contributed by atoms with Crippen LogP contribution >= 0.6 is 11.6 Å². The second kappa shape index (κ2) is 4.19. The van der Waals surface area contributed by atoms with Crippen LogP contribution in [0.15, 0.2) is 12.1 Å². The van der Waals surface area contributed by atoms with Crippen molar-refractivity contribution in [2.24, 2.45) is 0 Å². The Bertz CT molecular complexity index is 359. The van der Waals surface area contributed by atoms with Crippen LogP contribution in [-0.2, 0) is 0 Å². The molecule has 82 valence electrons. The Kier molecular flexibility index (Phi) is 2.91. The number of piperidine rings is 1. The predicted octanol–water partition coefficient (Wildman–Crippen LogP) is 2.49. The molecular weight excluding hydrogens is 210 g/mol. The standard InChI is InChI=1S/C11H16ClN3/c12-8-6-9(13)10(14)7-11(8)15-4-2-1-3-5-15/h6-7H,1-5,13-14H2. The highest BCUT2D eigenvalue weighted by Gasteiger charge is 2.14. The fourth-order valence-corrected chi connectivity index (χ4v) is 2.26. The summed E-state index contributed by atoms with van der Waals surface area (Å²) in [4.78, 5) is 2.28. The van der Waals surface area contributed by atoms with E-state index in [1.54, 1.807) is 6.07 Å². The molecule has 1 saturated heterocycles. The minimum absolute atomic E-state index is 0.556. The molecule has 0 unspecified atom stereocenters. The van der Waals surface area contributed by atoms with Crippen molar-refractivity contribution < 1.29 is 0 Å². The molecule has 1 aliphatic rings. The fraction of sp³-hybridized carbons (Fsp3) is 0.455. The van der Waals surface area contributed by atoms with Gasteiger partial charge in [0.25, 0.3) is 0 Å². The zero-order valence-corrected chi connectivity index (χ0v) is 9.43. The van der Waals surface area contributed by atoms with Crippen LogP contribution in [0, 0.1) is 0 Å². The molecule has 0 amide bonds. The average molecular weight is 226 g/mol. The summed E-state index contributed by atoms with van der Waals surface area (Å²) in [6, 6.07) is 3.61. The molecule has 3 nitrogen and oxygen atoms in total. The number of anilines is 3.